The van der Waals surface area contributed by atoms with E-state index in [1.165, 1.54) is 0 Å². The van der Waals surface area contributed by atoms with Gasteiger partial charge in [0.15, 0.2) is 5.78 Å². The van der Waals surface area contributed by atoms with Crippen LogP contribution >= 0.6 is 23.1 Å². The lowest BCUT2D eigenvalue weighted by atomic mass is 9.71. The van der Waals surface area contributed by atoms with Crippen LogP contribution in [0.1, 0.15) is 29.8 Å². The van der Waals surface area contributed by atoms with Crippen molar-refractivity contribution in [3.63, 3.8) is 0 Å². The molecule has 2 aromatic heterocycles. The minimum atomic E-state index is -0.376. The van der Waals surface area contributed by atoms with Crippen LogP contribution in [0.15, 0.2) is 40.4 Å². The minimum Gasteiger partial charge on any atom is -0.515 e. The molecular weight excluding hydrogens is 314 g/mol. The fourth-order valence-electron chi connectivity index (χ4n) is 2.90. The van der Waals surface area contributed by atoms with Gasteiger partial charge in [0.05, 0.1) is 26.6 Å². The molecule has 3 nitrogen and oxygen atoms in total. The summed E-state index contributed by atoms with van der Waals surface area (Å²) in [5, 5.41) is 9.51. The molecule has 0 bridgehead atoms. The van der Waals surface area contributed by atoms with Gasteiger partial charge in [-0.15, -0.1) is 23.1 Å². The number of aliphatic hydroxyl groups excluding tert-OH is 1. The largest absolute Gasteiger partial charge is 0.515 e. The van der Waals surface area contributed by atoms with Crippen molar-refractivity contribution >= 4 is 28.9 Å². The zero-order valence-electron chi connectivity index (χ0n) is 12.7. The van der Waals surface area contributed by atoms with Crippen molar-refractivity contribution < 1.29 is 9.90 Å². The first-order valence-corrected chi connectivity index (χ1v) is 9.04. The second-order valence-electron chi connectivity index (χ2n) is 5.92. The summed E-state index contributed by atoms with van der Waals surface area (Å²) in [5.74, 6) is -0.0588. The highest BCUT2D eigenvalue weighted by atomic mass is 32.2. The predicted octanol–water partition coefficient (Wildman–Crippen LogP) is 4.74. The van der Waals surface area contributed by atoms with Crippen molar-refractivity contribution in [1.29, 1.82) is 0 Å². The number of hydrogen-bond acceptors (Lipinski definition) is 5. The molecule has 3 rings (SSSR count). The third-order valence-electron chi connectivity index (χ3n) is 4.01. The number of pyridine rings is 1. The first kappa shape index (κ1) is 15.3. The van der Waals surface area contributed by atoms with Crippen molar-refractivity contribution in [2.75, 3.05) is 6.26 Å². The lowest BCUT2D eigenvalue weighted by Crippen LogP contribution is -2.30. The average molecular weight is 331 g/mol. The van der Waals surface area contributed by atoms with Crippen molar-refractivity contribution in [2.24, 2.45) is 5.41 Å². The summed E-state index contributed by atoms with van der Waals surface area (Å²) in [6.07, 6.45) is 5.45. The molecular formula is C17H17NO2S2. The molecule has 5 heteroatoms. The molecule has 2 aromatic rings. The average Bonchev–Trinajstić information content (AvgIpc) is 2.86. The molecule has 0 spiro atoms. The molecule has 1 aliphatic rings. The normalized spacial score (nSPS) is 18.5. The number of fused-ring (bicyclic) bond motifs is 1. The number of thiophene rings is 1. The minimum absolute atomic E-state index is 0.0588. The topological polar surface area (TPSA) is 50.2 Å². The van der Waals surface area contributed by atoms with Crippen LogP contribution in [0.3, 0.4) is 0 Å². The summed E-state index contributed by atoms with van der Waals surface area (Å²) in [6, 6.07) is 5.83. The van der Waals surface area contributed by atoms with Crippen LogP contribution in [0.4, 0.5) is 0 Å². The van der Waals surface area contributed by atoms with Crippen molar-refractivity contribution in [1.82, 2.24) is 4.98 Å². The summed E-state index contributed by atoms with van der Waals surface area (Å²) in [5.41, 5.74) is 2.83. The van der Waals surface area contributed by atoms with Gasteiger partial charge in [-0.05, 0) is 30.4 Å². The predicted molar refractivity (Wildman–Crippen MR) is 91.9 cm³/mol. The van der Waals surface area contributed by atoms with E-state index in [1.807, 2.05) is 38.3 Å². The van der Waals surface area contributed by atoms with Gasteiger partial charge in [-0.3, -0.25) is 9.78 Å². The molecule has 1 N–H and O–H groups in total. The molecule has 22 heavy (non-hydrogen) atoms. The maximum absolute atomic E-state index is 12.8. The van der Waals surface area contributed by atoms with Crippen LogP contribution in [0.25, 0.3) is 10.6 Å². The van der Waals surface area contributed by atoms with Crippen LogP contribution in [0.2, 0.25) is 0 Å². The molecule has 0 aromatic carbocycles. The van der Waals surface area contributed by atoms with Gasteiger partial charge in [-0.1, -0.05) is 19.9 Å². The van der Waals surface area contributed by atoms with E-state index in [4.69, 9.17) is 0 Å². The standard InChI is InChI=1S/C17H17NO2S2/c1-17(2)8-10-13(14(20)11(17)9-19)16(21-3)22-15(10)12-6-4-5-7-18-12/h4-7,9,19H,8H2,1-3H3. The molecule has 0 fully saturated rings. The molecule has 0 saturated heterocycles. The fraction of sp³-hybridized carbons (Fsp3) is 0.294. The number of aliphatic hydroxyl groups is 1. The number of allylic oxidation sites excluding steroid dienone is 1. The number of nitrogens with zero attached hydrogens (tertiary/aromatic N) is 1. The molecule has 0 amide bonds. The van der Waals surface area contributed by atoms with Gasteiger partial charge in [-0.25, -0.2) is 0 Å². The number of ketones is 1. The first-order chi connectivity index (χ1) is 10.5. The Morgan fingerprint density at radius 3 is 2.77 bits per heavy atom. The number of thioether (sulfide) groups is 1. The molecule has 114 valence electrons. The van der Waals surface area contributed by atoms with Gasteiger partial charge in [-0.2, -0.15) is 0 Å². The van der Waals surface area contributed by atoms with Gasteiger partial charge in [0.25, 0.3) is 0 Å². The number of Topliss-reactive ketones (excluding diaryl/α,β-unsaturated/α-hetero) is 1. The van der Waals surface area contributed by atoms with Gasteiger partial charge in [0.2, 0.25) is 0 Å². The monoisotopic (exact) mass is 331 g/mol. The van der Waals surface area contributed by atoms with E-state index in [1.54, 1.807) is 29.3 Å². The summed E-state index contributed by atoms with van der Waals surface area (Å²) in [6.45, 7) is 3.99. The van der Waals surface area contributed by atoms with E-state index in [-0.39, 0.29) is 11.2 Å². The number of carbonyl (C=O) groups excluding carboxylic acids is 1. The highest BCUT2D eigenvalue weighted by Gasteiger charge is 2.40. The Morgan fingerprint density at radius 1 is 1.41 bits per heavy atom. The highest BCUT2D eigenvalue weighted by molar-refractivity contribution is 8.00. The Balaban J connectivity index is 2.26. The second-order valence-corrected chi connectivity index (χ2v) is 8.02. The molecule has 1 aliphatic carbocycles. The Labute approximate surface area is 138 Å². The SMILES string of the molecule is CSc1sc(-c2ccccn2)c2c1C(=O)C(=CO)C(C)(C)C2. The number of aromatic nitrogens is 1. The summed E-state index contributed by atoms with van der Waals surface area (Å²) < 4.78 is 0.996. The zero-order valence-corrected chi connectivity index (χ0v) is 14.3. The molecule has 2 heterocycles. The smallest absolute Gasteiger partial charge is 0.194 e. The Kier molecular flexibility index (Phi) is 3.87. The van der Waals surface area contributed by atoms with Gasteiger partial charge in [0, 0.05) is 17.2 Å². The van der Waals surface area contributed by atoms with E-state index in [9.17, 15) is 9.90 Å². The van der Waals surface area contributed by atoms with Crippen molar-refractivity contribution in [2.45, 2.75) is 24.5 Å². The molecule has 0 radical (unpaired) electrons. The van der Waals surface area contributed by atoms with Crippen LogP contribution in [-0.4, -0.2) is 22.1 Å². The van der Waals surface area contributed by atoms with Gasteiger partial charge < -0.3 is 5.11 Å². The molecule has 0 unspecified atom stereocenters. The zero-order chi connectivity index (χ0) is 15.9. The molecule has 0 aliphatic heterocycles. The quantitative estimate of drug-likeness (QED) is 0.490. The van der Waals surface area contributed by atoms with E-state index in [2.05, 4.69) is 4.98 Å². The van der Waals surface area contributed by atoms with E-state index >= 15 is 0 Å². The Bertz CT molecular complexity index is 760. The highest BCUT2D eigenvalue weighted by Crippen LogP contribution is 2.49. The Morgan fingerprint density at radius 2 is 2.18 bits per heavy atom. The van der Waals surface area contributed by atoms with Gasteiger partial charge >= 0.3 is 0 Å². The van der Waals surface area contributed by atoms with Crippen molar-refractivity contribution in [3.8, 4) is 10.6 Å². The lowest BCUT2D eigenvalue weighted by molar-refractivity contribution is 0.0988. The van der Waals surface area contributed by atoms with Crippen LogP contribution in [0.5, 0.6) is 0 Å². The summed E-state index contributed by atoms with van der Waals surface area (Å²) in [7, 11) is 0. The van der Waals surface area contributed by atoms with Crippen LogP contribution in [-0.2, 0) is 6.42 Å². The van der Waals surface area contributed by atoms with E-state index in [0.29, 0.717) is 5.57 Å². The fourth-order valence-corrected chi connectivity index (χ4v) is 4.93. The summed E-state index contributed by atoms with van der Waals surface area (Å²) >= 11 is 3.19. The number of hydrogen-bond donors (Lipinski definition) is 1. The maximum Gasteiger partial charge on any atom is 0.194 e. The second kappa shape index (κ2) is 5.56. The first-order valence-electron chi connectivity index (χ1n) is 7.00. The third-order valence-corrected chi connectivity index (χ3v) is 6.38. The number of carbonyl (C=O) groups is 1. The lowest BCUT2D eigenvalue weighted by Gasteiger charge is -2.31. The Hall–Kier alpha value is -1.59. The van der Waals surface area contributed by atoms with Crippen molar-refractivity contribution in [3.05, 3.63) is 47.4 Å². The van der Waals surface area contributed by atoms with E-state index < -0.39 is 0 Å². The van der Waals surface area contributed by atoms with Gasteiger partial charge in [0.1, 0.15) is 0 Å². The van der Waals surface area contributed by atoms with Crippen LogP contribution < -0.4 is 0 Å². The number of rotatable bonds is 2. The molecule has 0 atom stereocenters. The summed E-state index contributed by atoms with van der Waals surface area (Å²) in [4.78, 5) is 18.3. The maximum atomic E-state index is 12.8. The van der Waals surface area contributed by atoms with E-state index in [0.717, 1.165) is 38.6 Å². The molecule has 0 saturated carbocycles. The van der Waals surface area contributed by atoms with Crippen LogP contribution in [0, 0.1) is 5.41 Å². The third kappa shape index (κ3) is 2.29.